The van der Waals surface area contributed by atoms with Gasteiger partial charge in [0.15, 0.2) is 0 Å². The third kappa shape index (κ3) is 1.74. The van der Waals surface area contributed by atoms with Crippen LogP contribution in [0, 0.1) is 17.0 Å². The number of rotatable bonds is 2. The molecule has 0 N–H and O–H groups in total. The number of hydrogen-bond donors (Lipinski definition) is 0. The molecule has 0 aliphatic carbocycles. The van der Waals surface area contributed by atoms with Crippen molar-refractivity contribution in [3.63, 3.8) is 0 Å². The molecule has 0 saturated heterocycles. The highest BCUT2D eigenvalue weighted by atomic mass is 16.6. The molecule has 4 heteroatoms. The fourth-order valence-corrected chi connectivity index (χ4v) is 1.56. The molecule has 0 bridgehead atoms. The van der Waals surface area contributed by atoms with E-state index in [1.807, 2.05) is 25.1 Å². The maximum absolute atomic E-state index is 10.2. The fraction of sp³-hybridized carbons (Fsp3) is 0.0909. The molecule has 2 rings (SSSR count). The van der Waals surface area contributed by atoms with Crippen molar-refractivity contribution < 1.29 is 9.34 Å². The summed E-state index contributed by atoms with van der Waals surface area (Å²) < 4.78 is 5.29. The Labute approximate surface area is 86.0 Å². The van der Waals surface area contributed by atoms with Crippen molar-refractivity contribution in [2.45, 2.75) is 6.92 Å². The molecule has 76 valence electrons. The first-order valence-electron chi connectivity index (χ1n) is 4.47. The zero-order valence-electron chi connectivity index (χ0n) is 8.14. The zero-order valence-corrected chi connectivity index (χ0v) is 8.14. The Kier molecular flexibility index (Phi) is 2.25. The van der Waals surface area contributed by atoms with E-state index in [4.69, 9.17) is 4.42 Å². The van der Waals surface area contributed by atoms with E-state index in [2.05, 4.69) is 0 Å². The number of hydrogen-bond acceptors (Lipinski definition) is 3. The number of fused-ring (bicyclic) bond motifs is 1. The summed E-state index contributed by atoms with van der Waals surface area (Å²) in [5.41, 5.74) is 2.53. The van der Waals surface area contributed by atoms with Gasteiger partial charge in [0.2, 0.25) is 6.20 Å². The molecule has 1 heterocycles. The summed E-state index contributed by atoms with van der Waals surface area (Å²) in [6, 6.07) is 5.47. The lowest BCUT2D eigenvalue weighted by molar-refractivity contribution is -0.400. The highest BCUT2D eigenvalue weighted by molar-refractivity contribution is 5.89. The van der Waals surface area contributed by atoms with Gasteiger partial charge in [0.05, 0.1) is 11.2 Å². The summed E-state index contributed by atoms with van der Waals surface area (Å²) in [6.07, 6.45) is 4.06. The first-order chi connectivity index (χ1) is 7.18. The maximum Gasteiger partial charge on any atom is 0.235 e. The van der Waals surface area contributed by atoms with E-state index >= 15 is 0 Å². The SMILES string of the molecule is Cc1coc2cccc(C=C[N+](=O)[O-])c12. The van der Waals surface area contributed by atoms with Crippen LogP contribution >= 0.6 is 0 Å². The van der Waals surface area contributed by atoms with Gasteiger partial charge in [-0.1, -0.05) is 12.1 Å². The molecule has 1 aromatic carbocycles. The summed E-state index contributed by atoms with van der Waals surface area (Å²) in [6.45, 7) is 1.91. The van der Waals surface area contributed by atoms with Crippen LogP contribution in [0.2, 0.25) is 0 Å². The summed E-state index contributed by atoms with van der Waals surface area (Å²) in [7, 11) is 0. The average Bonchev–Trinajstić information content (AvgIpc) is 2.58. The molecule has 0 aliphatic heterocycles. The van der Waals surface area contributed by atoms with Gasteiger partial charge >= 0.3 is 0 Å². The quantitative estimate of drug-likeness (QED) is 0.556. The van der Waals surface area contributed by atoms with Crippen molar-refractivity contribution in [2.75, 3.05) is 0 Å². The van der Waals surface area contributed by atoms with Crippen molar-refractivity contribution in [3.8, 4) is 0 Å². The predicted octanol–water partition coefficient (Wildman–Crippen LogP) is 2.99. The molecule has 1 aromatic heterocycles. The van der Waals surface area contributed by atoms with Crippen LogP contribution in [-0.4, -0.2) is 4.92 Å². The van der Waals surface area contributed by atoms with Gasteiger partial charge in [0, 0.05) is 11.5 Å². The first kappa shape index (κ1) is 9.45. The van der Waals surface area contributed by atoms with Crippen molar-refractivity contribution >= 4 is 17.0 Å². The van der Waals surface area contributed by atoms with E-state index in [9.17, 15) is 10.1 Å². The topological polar surface area (TPSA) is 56.3 Å². The van der Waals surface area contributed by atoms with Crippen LogP contribution < -0.4 is 0 Å². The molecule has 0 amide bonds. The summed E-state index contributed by atoms with van der Waals surface area (Å²) in [5.74, 6) is 0. The lowest BCUT2D eigenvalue weighted by Gasteiger charge is -1.95. The van der Waals surface area contributed by atoms with Crippen molar-refractivity contribution in [3.05, 3.63) is 51.9 Å². The minimum Gasteiger partial charge on any atom is -0.464 e. The summed E-state index contributed by atoms with van der Waals surface area (Å²) in [5, 5.41) is 11.2. The smallest absolute Gasteiger partial charge is 0.235 e. The van der Waals surface area contributed by atoms with Crippen LogP contribution in [0.25, 0.3) is 17.0 Å². The molecule has 0 radical (unpaired) electrons. The van der Waals surface area contributed by atoms with Gasteiger partial charge in [-0.25, -0.2) is 0 Å². The molecule has 0 spiro atoms. The fourth-order valence-electron chi connectivity index (χ4n) is 1.56. The van der Waals surface area contributed by atoms with E-state index in [0.717, 1.165) is 28.3 Å². The van der Waals surface area contributed by atoms with E-state index in [1.54, 1.807) is 6.26 Å². The van der Waals surface area contributed by atoms with Crippen LogP contribution in [0.5, 0.6) is 0 Å². The van der Waals surface area contributed by atoms with Gasteiger partial charge in [-0.3, -0.25) is 10.1 Å². The minimum absolute atomic E-state index is 0.478. The van der Waals surface area contributed by atoms with Crippen LogP contribution in [0.3, 0.4) is 0 Å². The third-order valence-electron chi connectivity index (χ3n) is 2.19. The number of nitro groups is 1. The first-order valence-corrected chi connectivity index (χ1v) is 4.47. The van der Waals surface area contributed by atoms with Gasteiger partial charge in [-0.2, -0.15) is 0 Å². The van der Waals surface area contributed by atoms with Crippen molar-refractivity contribution in [1.82, 2.24) is 0 Å². The Bertz CT molecular complexity index is 540. The minimum atomic E-state index is -0.478. The number of aryl methyl sites for hydroxylation is 1. The van der Waals surface area contributed by atoms with E-state index in [1.165, 1.54) is 6.08 Å². The van der Waals surface area contributed by atoms with Gasteiger partial charge in [-0.05, 0) is 24.1 Å². The Morgan fingerprint density at radius 1 is 1.47 bits per heavy atom. The largest absolute Gasteiger partial charge is 0.464 e. The second-order valence-electron chi connectivity index (χ2n) is 3.24. The molecular formula is C11H9NO3. The molecule has 2 aromatic rings. The lowest BCUT2D eigenvalue weighted by Crippen LogP contribution is -1.83. The van der Waals surface area contributed by atoms with Crippen molar-refractivity contribution in [2.24, 2.45) is 0 Å². The van der Waals surface area contributed by atoms with Crippen LogP contribution in [-0.2, 0) is 0 Å². The van der Waals surface area contributed by atoms with Crippen molar-refractivity contribution in [1.29, 1.82) is 0 Å². The Morgan fingerprint density at radius 3 is 3.00 bits per heavy atom. The zero-order chi connectivity index (χ0) is 10.8. The molecule has 0 saturated carbocycles. The number of benzene rings is 1. The molecule has 0 aliphatic rings. The van der Waals surface area contributed by atoms with Crippen LogP contribution in [0.1, 0.15) is 11.1 Å². The number of furan rings is 1. The van der Waals surface area contributed by atoms with Crippen LogP contribution in [0.15, 0.2) is 35.1 Å². The van der Waals surface area contributed by atoms with E-state index in [0.29, 0.717) is 0 Å². The normalized spacial score (nSPS) is 11.3. The predicted molar refractivity (Wildman–Crippen MR) is 57.0 cm³/mol. The monoisotopic (exact) mass is 203 g/mol. The van der Waals surface area contributed by atoms with Gasteiger partial charge in [0.1, 0.15) is 5.58 Å². The third-order valence-corrected chi connectivity index (χ3v) is 2.19. The number of nitrogens with zero attached hydrogens (tertiary/aromatic N) is 1. The van der Waals surface area contributed by atoms with E-state index < -0.39 is 4.92 Å². The highest BCUT2D eigenvalue weighted by Gasteiger charge is 2.05. The Hall–Kier alpha value is -2.10. The Morgan fingerprint density at radius 2 is 2.27 bits per heavy atom. The molecule has 0 atom stereocenters. The molecule has 4 nitrogen and oxygen atoms in total. The summed E-state index contributed by atoms with van der Waals surface area (Å²) >= 11 is 0. The second-order valence-corrected chi connectivity index (χ2v) is 3.24. The van der Waals surface area contributed by atoms with Gasteiger partial charge in [-0.15, -0.1) is 0 Å². The average molecular weight is 203 g/mol. The standard InChI is InChI=1S/C11H9NO3/c1-8-7-15-10-4-2-3-9(11(8)10)5-6-12(13)14/h2-7H,1H3. The second kappa shape index (κ2) is 3.57. The van der Waals surface area contributed by atoms with E-state index in [-0.39, 0.29) is 0 Å². The highest BCUT2D eigenvalue weighted by Crippen LogP contribution is 2.25. The molecular weight excluding hydrogens is 194 g/mol. The molecule has 15 heavy (non-hydrogen) atoms. The maximum atomic E-state index is 10.2. The van der Waals surface area contributed by atoms with Crippen LogP contribution in [0.4, 0.5) is 0 Å². The Balaban J connectivity index is 2.59. The van der Waals surface area contributed by atoms with Gasteiger partial charge in [0.25, 0.3) is 0 Å². The molecule has 0 fully saturated rings. The molecule has 0 unspecified atom stereocenters. The lowest BCUT2D eigenvalue weighted by atomic mass is 10.1. The van der Waals surface area contributed by atoms with Gasteiger partial charge < -0.3 is 4.42 Å². The summed E-state index contributed by atoms with van der Waals surface area (Å²) in [4.78, 5) is 9.75.